The highest BCUT2D eigenvalue weighted by Crippen LogP contribution is 2.09. The fraction of sp³-hybridized carbons (Fsp3) is 0.444. The van der Waals surface area contributed by atoms with Crippen molar-refractivity contribution < 1.29 is 4.74 Å². The van der Waals surface area contributed by atoms with Gasteiger partial charge in [0.1, 0.15) is 6.67 Å². The number of ether oxygens (including phenoxy) is 1. The second-order valence-corrected chi connectivity index (χ2v) is 3.05. The predicted octanol–water partition coefficient (Wildman–Crippen LogP) is 1.05. The van der Waals surface area contributed by atoms with Crippen LogP contribution in [0.4, 0.5) is 0 Å². The standard InChI is InChI=1S/C9H11N3O/c1-7-2-10-3-8-4-11-6-12-9(8)13-5-7/h2,4-5,8H,3,6H2,1H3. The first kappa shape index (κ1) is 8.16. The normalized spacial score (nSPS) is 26.4. The predicted molar refractivity (Wildman–Crippen MR) is 52.5 cm³/mol. The number of allylic oxidation sites excluding steroid dienone is 1. The lowest BCUT2D eigenvalue weighted by atomic mass is 10.1. The Morgan fingerprint density at radius 3 is 3.31 bits per heavy atom. The van der Waals surface area contributed by atoms with E-state index in [1.54, 1.807) is 12.5 Å². The molecule has 4 nitrogen and oxygen atoms in total. The Balaban J connectivity index is 2.20. The topological polar surface area (TPSA) is 46.3 Å². The van der Waals surface area contributed by atoms with Gasteiger partial charge in [0.2, 0.25) is 5.90 Å². The van der Waals surface area contributed by atoms with Crippen molar-refractivity contribution >= 4 is 18.3 Å². The molecular weight excluding hydrogens is 166 g/mol. The van der Waals surface area contributed by atoms with Crippen LogP contribution in [0.15, 0.2) is 26.8 Å². The molecule has 13 heavy (non-hydrogen) atoms. The lowest BCUT2D eigenvalue weighted by Crippen LogP contribution is -2.25. The molecule has 0 bridgehead atoms. The summed E-state index contributed by atoms with van der Waals surface area (Å²) in [7, 11) is 0. The molecule has 0 N–H and O–H groups in total. The van der Waals surface area contributed by atoms with Crippen molar-refractivity contribution in [1.82, 2.24) is 0 Å². The third kappa shape index (κ3) is 1.83. The van der Waals surface area contributed by atoms with E-state index in [9.17, 15) is 0 Å². The number of hydrogen-bond donors (Lipinski definition) is 0. The molecule has 0 spiro atoms. The van der Waals surface area contributed by atoms with E-state index in [2.05, 4.69) is 15.0 Å². The van der Waals surface area contributed by atoms with E-state index in [1.165, 1.54) is 0 Å². The summed E-state index contributed by atoms with van der Waals surface area (Å²) in [6, 6.07) is 0. The van der Waals surface area contributed by atoms with Crippen LogP contribution < -0.4 is 0 Å². The zero-order valence-corrected chi connectivity index (χ0v) is 7.47. The van der Waals surface area contributed by atoms with E-state index < -0.39 is 0 Å². The first-order valence-corrected chi connectivity index (χ1v) is 4.24. The molecule has 2 heterocycles. The van der Waals surface area contributed by atoms with Gasteiger partial charge in [-0.25, -0.2) is 4.99 Å². The Morgan fingerprint density at radius 1 is 1.46 bits per heavy atom. The summed E-state index contributed by atoms with van der Waals surface area (Å²) < 4.78 is 5.40. The van der Waals surface area contributed by atoms with E-state index in [1.807, 2.05) is 13.1 Å². The number of aliphatic imine (C=N–C) groups is 3. The Bertz CT molecular complexity index is 315. The van der Waals surface area contributed by atoms with Crippen molar-refractivity contribution in [2.75, 3.05) is 13.2 Å². The Morgan fingerprint density at radius 2 is 2.38 bits per heavy atom. The van der Waals surface area contributed by atoms with Crippen LogP contribution in [0.25, 0.3) is 0 Å². The average molecular weight is 177 g/mol. The highest BCUT2D eigenvalue weighted by molar-refractivity contribution is 5.96. The molecule has 2 rings (SSSR count). The van der Waals surface area contributed by atoms with Crippen molar-refractivity contribution in [3.05, 3.63) is 11.8 Å². The average Bonchev–Trinajstić information content (AvgIpc) is 2.13. The summed E-state index contributed by atoms with van der Waals surface area (Å²) in [5.74, 6) is 0.848. The molecule has 2 aliphatic rings. The lowest BCUT2D eigenvalue weighted by molar-refractivity contribution is 0.436. The van der Waals surface area contributed by atoms with Crippen LogP contribution in [0.1, 0.15) is 6.92 Å². The molecule has 0 saturated carbocycles. The van der Waals surface area contributed by atoms with Crippen LogP contribution >= 0.6 is 0 Å². The smallest absolute Gasteiger partial charge is 0.201 e. The molecule has 0 aromatic rings. The number of rotatable bonds is 0. The molecule has 0 aromatic heterocycles. The summed E-state index contributed by atoms with van der Waals surface area (Å²) in [6.45, 7) is 3.09. The molecule has 2 aliphatic heterocycles. The molecular formula is C9H11N3O. The lowest BCUT2D eigenvalue weighted by Gasteiger charge is -2.16. The summed E-state index contributed by atoms with van der Waals surface area (Å²) in [5.41, 5.74) is 1.00. The van der Waals surface area contributed by atoms with Crippen molar-refractivity contribution in [1.29, 1.82) is 0 Å². The molecule has 0 aliphatic carbocycles. The maximum atomic E-state index is 5.40. The molecule has 0 radical (unpaired) electrons. The first-order chi connectivity index (χ1) is 6.36. The van der Waals surface area contributed by atoms with Gasteiger partial charge in [-0.2, -0.15) is 0 Å². The Hall–Kier alpha value is -1.45. The minimum absolute atomic E-state index is 0.120. The molecule has 1 atom stereocenters. The van der Waals surface area contributed by atoms with Gasteiger partial charge in [-0.3, -0.25) is 9.98 Å². The van der Waals surface area contributed by atoms with Gasteiger partial charge in [0, 0.05) is 18.0 Å². The SMILES string of the molecule is CC1=COC2=NCN=CC2CN=C1. The molecule has 0 amide bonds. The molecule has 68 valence electrons. The molecule has 4 heteroatoms. The van der Waals surface area contributed by atoms with Crippen LogP contribution in [0.5, 0.6) is 0 Å². The third-order valence-corrected chi connectivity index (χ3v) is 1.87. The molecule has 0 fully saturated rings. The number of fused-ring (bicyclic) bond motifs is 1. The van der Waals surface area contributed by atoms with E-state index in [-0.39, 0.29) is 5.92 Å². The Kier molecular flexibility index (Phi) is 2.21. The van der Waals surface area contributed by atoms with E-state index in [4.69, 9.17) is 4.74 Å². The van der Waals surface area contributed by atoms with Crippen molar-refractivity contribution in [3.8, 4) is 0 Å². The van der Waals surface area contributed by atoms with Gasteiger partial charge in [0.25, 0.3) is 0 Å². The van der Waals surface area contributed by atoms with Gasteiger partial charge >= 0.3 is 0 Å². The van der Waals surface area contributed by atoms with E-state index >= 15 is 0 Å². The van der Waals surface area contributed by atoms with Crippen LogP contribution in [0.2, 0.25) is 0 Å². The number of hydrogen-bond acceptors (Lipinski definition) is 4. The van der Waals surface area contributed by atoms with E-state index in [0.29, 0.717) is 13.2 Å². The van der Waals surface area contributed by atoms with Crippen LogP contribution in [-0.4, -0.2) is 31.5 Å². The monoisotopic (exact) mass is 177 g/mol. The van der Waals surface area contributed by atoms with Crippen molar-refractivity contribution in [2.24, 2.45) is 20.9 Å². The molecule has 1 unspecified atom stereocenters. The zero-order chi connectivity index (χ0) is 9.10. The van der Waals surface area contributed by atoms with Gasteiger partial charge in [-0.1, -0.05) is 0 Å². The maximum absolute atomic E-state index is 5.40. The molecule has 0 saturated heterocycles. The van der Waals surface area contributed by atoms with Gasteiger partial charge in [-0.15, -0.1) is 0 Å². The summed E-state index contributed by atoms with van der Waals surface area (Å²) in [4.78, 5) is 12.5. The maximum Gasteiger partial charge on any atom is 0.201 e. The minimum Gasteiger partial charge on any atom is -0.450 e. The largest absolute Gasteiger partial charge is 0.450 e. The summed E-state index contributed by atoms with van der Waals surface area (Å²) in [6.07, 6.45) is 5.33. The van der Waals surface area contributed by atoms with Crippen LogP contribution in [-0.2, 0) is 4.74 Å². The van der Waals surface area contributed by atoms with Crippen LogP contribution in [0, 0.1) is 5.92 Å². The van der Waals surface area contributed by atoms with Gasteiger partial charge in [-0.05, 0) is 6.92 Å². The Labute approximate surface area is 76.8 Å². The summed E-state index contributed by atoms with van der Waals surface area (Å²) in [5, 5.41) is 0. The fourth-order valence-electron chi connectivity index (χ4n) is 1.21. The number of nitrogens with zero attached hydrogens (tertiary/aromatic N) is 3. The quantitative estimate of drug-likeness (QED) is 0.545. The first-order valence-electron chi connectivity index (χ1n) is 4.24. The fourth-order valence-corrected chi connectivity index (χ4v) is 1.21. The zero-order valence-electron chi connectivity index (χ0n) is 7.47. The minimum atomic E-state index is 0.120. The highest BCUT2D eigenvalue weighted by Gasteiger charge is 2.17. The van der Waals surface area contributed by atoms with Crippen LogP contribution in [0.3, 0.4) is 0 Å². The second-order valence-electron chi connectivity index (χ2n) is 3.05. The van der Waals surface area contributed by atoms with Crippen molar-refractivity contribution in [2.45, 2.75) is 6.92 Å². The van der Waals surface area contributed by atoms with Crippen molar-refractivity contribution in [3.63, 3.8) is 0 Å². The van der Waals surface area contributed by atoms with E-state index in [0.717, 1.165) is 11.5 Å². The third-order valence-electron chi connectivity index (χ3n) is 1.87. The summed E-state index contributed by atoms with van der Waals surface area (Å²) >= 11 is 0. The van der Waals surface area contributed by atoms with Gasteiger partial charge in [0.15, 0.2) is 0 Å². The second kappa shape index (κ2) is 3.51. The molecule has 0 aromatic carbocycles. The highest BCUT2D eigenvalue weighted by atomic mass is 16.5. The van der Waals surface area contributed by atoms with Gasteiger partial charge in [0.05, 0.1) is 18.7 Å². The van der Waals surface area contributed by atoms with Gasteiger partial charge < -0.3 is 4.74 Å².